The van der Waals surface area contributed by atoms with Crippen LogP contribution in [0.1, 0.15) is 27.2 Å². The normalized spacial score (nSPS) is 26.5. The lowest BCUT2D eigenvalue weighted by Crippen LogP contribution is -2.34. The molecule has 1 rings (SSSR count). The molecule has 2 unspecified atom stereocenters. The second-order valence-corrected chi connectivity index (χ2v) is 5.32. The van der Waals surface area contributed by atoms with Crippen molar-refractivity contribution in [2.75, 3.05) is 18.1 Å². The van der Waals surface area contributed by atoms with Gasteiger partial charge in [-0.05, 0) is 43.2 Å². The molecule has 0 aromatic rings. The van der Waals surface area contributed by atoms with Crippen LogP contribution in [-0.2, 0) is 0 Å². The molecular weight excluding hydrogens is 166 g/mol. The molecular formula is C10H21NS. The second kappa shape index (κ2) is 5.13. The Morgan fingerprint density at radius 2 is 2.17 bits per heavy atom. The predicted molar refractivity (Wildman–Crippen MR) is 57.7 cm³/mol. The molecule has 0 aromatic heterocycles. The summed E-state index contributed by atoms with van der Waals surface area (Å²) in [6, 6.07) is 0.676. The third-order valence-electron chi connectivity index (χ3n) is 2.75. The van der Waals surface area contributed by atoms with Crippen molar-refractivity contribution >= 4 is 11.8 Å². The minimum Gasteiger partial charge on any atom is -0.314 e. The smallest absolute Gasteiger partial charge is 0.00618 e. The molecule has 0 bridgehead atoms. The maximum atomic E-state index is 3.61. The first-order valence-electron chi connectivity index (χ1n) is 5.01. The average molecular weight is 187 g/mol. The summed E-state index contributed by atoms with van der Waals surface area (Å²) in [5.41, 5.74) is 0. The minimum atomic E-state index is 0.676. The molecule has 1 aliphatic rings. The van der Waals surface area contributed by atoms with Crippen LogP contribution < -0.4 is 5.32 Å². The van der Waals surface area contributed by atoms with Gasteiger partial charge in [0.15, 0.2) is 0 Å². The van der Waals surface area contributed by atoms with E-state index in [1.165, 1.54) is 24.5 Å². The van der Waals surface area contributed by atoms with Gasteiger partial charge in [-0.2, -0.15) is 11.8 Å². The Labute approximate surface area is 80.7 Å². The predicted octanol–water partition coefficient (Wildman–Crippen LogP) is 2.37. The van der Waals surface area contributed by atoms with Crippen LogP contribution in [0.5, 0.6) is 0 Å². The largest absolute Gasteiger partial charge is 0.314 e. The molecule has 0 aliphatic carbocycles. The Balaban J connectivity index is 2.07. The van der Waals surface area contributed by atoms with Gasteiger partial charge in [0.05, 0.1) is 0 Å². The number of hydrogen-bond acceptors (Lipinski definition) is 2. The summed E-state index contributed by atoms with van der Waals surface area (Å²) < 4.78 is 0. The Kier molecular flexibility index (Phi) is 4.44. The first-order valence-corrected chi connectivity index (χ1v) is 6.16. The van der Waals surface area contributed by atoms with Crippen molar-refractivity contribution in [3.63, 3.8) is 0 Å². The van der Waals surface area contributed by atoms with Gasteiger partial charge in [0.2, 0.25) is 0 Å². The topological polar surface area (TPSA) is 12.0 Å². The number of thioether (sulfide) groups is 1. The lowest BCUT2D eigenvalue weighted by Gasteiger charge is -2.19. The standard InChI is InChI=1S/C10H21NS/c1-8(2)9(3)11-6-10-4-5-12-7-10/h8-11H,4-7H2,1-3H3. The lowest BCUT2D eigenvalue weighted by molar-refractivity contribution is 0.394. The second-order valence-electron chi connectivity index (χ2n) is 4.17. The van der Waals surface area contributed by atoms with Crippen LogP contribution in [0.2, 0.25) is 0 Å². The van der Waals surface area contributed by atoms with Crippen molar-refractivity contribution in [3.8, 4) is 0 Å². The third kappa shape index (κ3) is 3.36. The molecule has 1 fully saturated rings. The van der Waals surface area contributed by atoms with Crippen LogP contribution in [-0.4, -0.2) is 24.1 Å². The summed E-state index contributed by atoms with van der Waals surface area (Å²) in [5, 5.41) is 3.61. The molecule has 1 N–H and O–H groups in total. The van der Waals surface area contributed by atoms with Crippen LogP contribution in [0.4, 0.5) is 0 Å². The summed E-state index contributed by atoms with van der Waals surface area (Å²) in [4.78, 5) is 0. The first-order chi connectivity index (χ1) is 5.70. The third-order valence-corrected chi connectivity index (χ3v) is 3.98. The molecule has 0 spiro atoms. The number of rotatable bonds is 4. The highest BCUT2D eigenvalue weighted by molar-refractivity contribution is 7.99. The van der Waals surface area contributed by atoms with Gasteiger partial charge in [-0.15, -0.1) is 0 Å². The van der Waals surface area contributed by atoms with E-state index >= 15 is 0 Å². The van der Waals surface area contributed by atoms with Crippen molar-refractivity contribution in [2.24, 2.45) is 11.8 Å². The molecule has 1 aliphatic heterocycles. The van der Waals surface area contributed by atoms with Gasteiger partial charge >= 0.3 is 0 Å². The molecule has 1 saturated heterocycles. The van der Waals surface area contributed by atoms with E-state index in [0.717, 1.165) is 11.8 Å². The molecule has 0 radical (unpaired) electrons. The van der Waals surface area contributed by atoms with Gasteiger partial charge in [-0.3, -0.25) is 0 Å². The SMILES string of the molecule is CC(C)C(C)NCC1CCSC1. The Hall–Kier alpha value is 0.310. The molecule has 2 atom stereocenters. The molecule has 0 aromatic carbocycles. The van der Waals surface area contributed by atoms with E-state index in [9.17, 15) is 0 Å². The van der Waals surface area contributed by atoms with Crippen molar-refractivity contribution < 1.29 is 0 Å². The van der Waals surface area contributed by atoms with Crippen LogP contribution >= 0.6 is 11.8 Å². The molecule has 1 heterocycles. The van der Waals surface area contributed by atoms with Gasteiger partial charge in [-0.25, -0.2) is 0 Å². The highest BCUT2D eigenvalue weighted by atomic mass is 32.2. The minimum absolute atomic E-state index is 0.676. The van der Waals surface area contributed by atoms with Crippen LogP contribution in [0.15, 0.2) is 0 Å². The molecule has 1 nitrogen and oxygen atoms in total. The summed E-state index contributed by atoms with van der Waals surface area (Å²) >= 11 is 2.10. The van der Waals surface area contributed by atoms with E-state index < -0.39 is 0 Å². The fourth-order valence-corrected chi connectivity index (χ4v) is 2.62. The van der Waals surface area contributed by atoms with Crippen LogP contribution in [0, 0.1) is 11.8 Å². The van der Waals surface area contributed by atoms with Crippen LogP contribution in [0.25, 0.3) is 0 Å². The van der Waals surface area contributed by atoms with E-state index in [0.29, 0.717) is 6.04 Å². The monoisotopic (exact) mass is 187 g/mol. The van der Waals surface area contributed by atoms with Gasteiger partial charge < -0.3 is 5.32 Å². The van der Waals surface area contributed by atoms with Crippen molar-refractivity contribution in [1.82, 2.24) is 5.32 Å². The van der Waals surface area contributed by atoms with E-state index in [2.05, 4.69) is 37.8 Å². The van der Waals surface area contributed by atoms with E-state index in [1.807, 2.05) is 0 Å². The average Bonchev–Trinajstić information content (AvgIpc) is 2.51. The van der Waals surface area contributed by atoms with E-state index in [1.54, 1.807) is 0 Å². The number of hydrogen-bond donors (Lipinski definition) is 1. The zero-order chi connectivity index (χ0) is 8.97. The van der Waals surface area contributed by atoms with Gasteiger partial charge in [0.1, 0.15) is 0 Å². The van der Waals surface area contributed by atoms with E-state index in [-0.39, 0.29) is 0 Å². The summed E-state index contributed by atoms with van der Waals surface area (Å²) in [7, 11) is 0. The Bertz CT molecular complexity index is 117. The zero-order valence-electron chi connectivity index (χ0n) is 8.47. The molecule has 12 heavy (non-hydrogen) atoms. The van der Waals surface area contributed by atoms with Gasteiger partial charge in [0.25, 0.3) is 0 Å². The first kappa shape index (κ1) is 10.4. The quantitative estimate of drug-likeness (QED) is 0.725. The van der Waals surface area contributed by atoms with Gasteiger partial charge in [-0.1, -0.05) is 13.8 Å². The Morgan fingerprint density at radius 1 is 1.42 bits per heavy atom. The van der Waals surface area contributed by atoms with E-state index in [4.69, 9.17) is 0 Å². The van der Waals surface area contributed by atoms with Crippen molar-refractivity contribution in [3.05, 3.63) is 0 Å². The molecule has 0 amide bonds. The Morgan fingerprint density at radius 3 is 2.67 bits per heavy atom. The maximum Gasteiger partial charge on any atom is 0.00618 e. The maximum absolute atomic E-state index is 3.61. The van der Waals surface area contributed by atoms with Gasteiger partial charge in [0, 0.05) is 6.04 Å². The number of nitrogens with one attached hydrogen (secondary N) is 1. The highest BCUT2D eigenvalue weighted by Crippen LogP contribution is 2.22. The molecule has 2 heteroatoms. The molecule has 72 valence electrons. The highest BCUT2D eigenvalue weighted by Gasteiger charge is 2.16. The van der Waals surface area contributed by atoms with Crippen molar-refractivity contribution in [1.29, 1.82) is 0 Å². The summed E-state index contributed by atoms with van der Waals surface area (Å²) in [5.74, 6) is 4.45. The fraction of sp³-hybridized carbons (Fsp3) is 1.00. The van der Waals surface area contributed by atoms with Crippen LogP contribution in [0.3, 0.4) is 0 Å². The fourth-order valence-electron chi connectivity index (χ4n) is 1.33. The summed E-state index contributed by atoms with van der Waals surface area (Å²) in [6.45, 7) is 8.07. The molecule has 0 saturated carbocycles. The van der Waals surface area contributed by atoms with Crippen molar-refractivity contribution in [2.45, 2.75) is 33.2 Å². The summed E-state index contributed by atoms with van der Waals surface area (Å²) in [6.07, 6.45) is 1.42. The lowest BCUT2D eigenvalue weighted by atomic mass is 10.0. The zero-order valence-corrected chi connectivity index (χ0v) is 9.29.